The van der Waals surface area contributed by atoms with Gasteiger partial charge >= 0.3 is 6.03 Å². The lowest BCUT2D eigenvalue weighted by Crippen LogP contribution is -2.40. The van der Waals surface area contributed by atoms with Crippen LogP contribution in [-0.2, 0) is 6.54 Å². The van der Waals surface area contributed by atoms with Gasteiger partial charge in [-0.2, -0.15) is 0 Å². The van der Waals surface area contributed by atoms with E-state index in [0.29, 0.717) is 17.8 Å². The fourth-order valence-corrected chi connectivity index (χ4v) is 2.86. The van der Waals surface area contributed by atoms with Crippen LogP contribution in [0.3, 0.4) is 0 Å². The number of amides is 3. The van der Waals surface area contributed by atoms with Gasteiger partial charge in [-0.05, 0) is 43.3 Å². The highest BCUT2D eigenvalue weighted by molar-refractivity contribution is 5.95. The molecule has 1 aliphatic heterocycles. The zero-order valence-electron chi connectivity index (χ0n) is 12.3. The van der Waals surface area contributed by atoms with Gasteiger partial charge in [0.05, 0.1) is 6.04 Å². The summed E-state index contributed by atoms with van der Waals surface area (Å²) in [5, 5.41) is 2.48. The number of nitrogens with one attached hydrogen (secondary N) is 1. The number of hydrogen-bond donors (Lipinski definition) is 2. The van der Waals surface area contributed by atoms with E-state index < -0.39 is 6.03 Å². The molecule has 0 saturated carbocycles. The van der Waals surface area contributed by atoms with Crippen molar-refractivity contribution in [3.8, 4) is 0 Å². The van der Waals surface area contributed by atoms with Gasteiger partial charge in [0.2, 0.25) is 0 Å². The Hall–Kier alpha value is -2.76. The van der Waals surface area contributed by atoms with Crippen LogP contribution in [0.1, 0.15) is 29.0 Å². The van der Waals surface area contributed by atoms with Crippen LogP contribution in [0, 0.1) is 0 Å². The molecule has 1 aliphatic rings. The SMILES string of the molecule is CC1c2cccn2CCN1C(=O)c1ccc(NC(N)=O)cc1. The lowest BCUT2D eigenvalue weighted by atomic mass is 10.1. The first kappa shape index (κ1) is 14.2. The van der Waals surface area contributed by atoms with Crippen molar-refractivity contribution in [3.05, 3.63) is 53.9 Å². The Morgan fingerprint density at radius 3 is 2.59 bits per heavy atom. The molecule has 6 heteroatoms. The van der Waals surface area contributed by atoms with Crippen molar-refractivity contribution in [2.24, 2.45) is 5.73 Å². The molecule has 3 rings (SSSR count). The van der Waals surface area contributed by atoms with E-state index in [1.54, 1.807) is 24.3 Å². The summed E-state index contributed by atoms with van der Waals surface area (Å²) in [7, 11) is 0. The average Bonchev–Trinajstić information content (AvgIpc) is 2.96. The highest BCUT2D eigenvalue weighted by atomic mass is 16.2. The van der Waals surface area contributed by atoms with Gasteiger partial charge in [0.25, 0.3) is 5.91 Å². The standard InChI is InChI=1S/C16H18N4O2/c1-11-14-3-2-8-19(14)9-10-20(11)15(21)12-4-6-13(7-5-12)18-16(17)22/h2-8,11H,9-10H2,1H3,(H3,17,18,22). The highest BCUT2D eigenvalue weighted by Crippen LogP contribution is 2.27. The Bertz CT molecular complexity index is 705. The van der Waals surface area contributed by atoms with Crippen molar-refractivity contribution in [1.29, 1.82) is 0 Å². The minimum atomic E-state index is -0.621. The molecule has 22 heavy (non-hydrogen) atoms. The van der Waals surface area contributed by atoms with Gasteiger partial charge in [0, 0.05) is 36.2 Å². The van der Waals surface area contributed by atoms with Crippen LogP contribution in [0.15, 0.2) is 42.6 Å². The number of hydrogen-bond acceptors (Lipinski definition) is 2. The number of carbonyl (C=O) groups is 2. The summed E-state index contributed by atoms with van der Waals surface area (Å²) in [5.41, 5.74) is 7.38. The van der Waals surface area contributed by atoms with Crippen LogP contribution in [-0.4, -0.2) is 28.0 Å². The molecule has 6 nitrogen and oxygen atoms in total. The monoisotopic (exact) mass is 298 g/mol. The van der Waals surface area contributed by atoms with E-state index in [1.807, 2.05) is 30.2 Å². The molecule has 0 radical (unpaired) electrons. The zero-order chi connectivity index (χ0) is 15.7. The van der Waals surface area contributed by atoms with Crippen molar-refractivity contribution in [3.63, 3.8) is 0 Å². The molecular formula is C16H18N4O2. The van der Waals surface area contributed by atoms with Crippen molar-refractivity contribution in [1.82, 2.24) is 9.47 Å². The van der Waals surface area contributed by atoms with Crippen LogP contribution in [0.2, 0.25) is 0 Å². The molecule has 1 aromatic carbocycles. The third-order valence-electron chi connectivity index (χ3n) is 4.00. The summed E-state index contributed by atoms with van der Waals surface area (Å²) in [4.78, 5) is 25.3. The number of carbonyl (C=O) groups excluding carboxylic acids is 2. The Balaban J connectivity index is 1.78. The molecule has 0 bridgehead atoms. The molecule has 0 fully saturated rings. The van der Waals surface area contributed by atoms with Crippen LogP contribution in [0.25, 0.3) is 0 Å². The number of benzene rings is 1. The zero-order valence-corrected chi connectivity index (χ0v) is 12.3. The Kier molecular flexibility index (Phi) is 3.58. The Morgan fingerprint density at radius 2 is 1.91 bits per heavy atom. The first-order chi connectivity index (χ1) is 10.6. The summed E-state index contributed by atoms with van der Waals surface area (Å²) in [6.07, 6.45) is 2.04. The van der Waals surface area contributed by atoms with E-state index in [9.17, 15) is 9.59 Å². The summed E-state index contributed by atoms with van der Waals surface area (Å²) in [6, 6.07) is 10.2. The van der Waals surface area contributed by atoms with Crippen LogP contribution in [0.4, 0.5) is 10.5 Å². The van der Waals surface area contributed by atoms with Crippen molar-refractivity contribution < 1.29 is 9.59 Å². The molecule has 114 valence electrons. The second-order valence-corrected chi connectivity index (χ2v) is 5.37. The Labute approximate surface area is 128 Å². The summed E-state index contributed by atoms with van der Waals surface area (Å²) in [5.74, 6) is -0.00873. The molecule has 1 atom stereocenters. The number of primary amides is 1. The molecular weight excluding hydrogens is 280 g/mol. The average molecular weight is 298 g/mol. The second-order valence-electron chi connectivity index (χ2n) is 5.37. The van der Waals surface area contributed by atoms with E-state index in [1.165, 1.54) is 0 Å². The molecule has 0 aliphatic carbocycles. The lowest BCUT2D eigenvalue weighted by Gasteiger charge is -2.35. The number of nitrogens with two attached hydrogens (primary N) is 1. The van der Waals surface area contributed by atoms with Crippen LogP contribution < -0.4 is 11.1 Å². The largest absolute Gasteiger partial charge is 0.351 e. The quantitative estimate of drug-likeness (QED) is 0.891. The predicted molar refractivity (Wildman–Crippen MR) is 83.5 cm³/mol. The smallest absolute Gasteiger partial charge is 0.316 e. The topological polar surface area (TPSA) is 80.4 Å². The first-order valence-electron chi connectivity index (χ1n) is 7.19. The maximum absolute atomic E-state index is 12.7. The summed E-state index contributed by atoms with van der Waals surface area (Å²) in [6.45, 7) is 3.52. The fourth-order valence-electron chi connectivity index (χ4n) is 2.86. The van der Waals surface area contributed by atoms with Crippen molar-refractivity contribution >= 4 is 17.6 Å². The van der Waals surface area contributed by atoms with E-state index in [0.717, 1.165) is 12.2 Å². The molecule has 1 unspecified atom stereocenters. The van der Waals surface area contributed by atoms with Gasteiger partial charge in [-0.1, -0.05) is 0 Å². The minimum Gasteiger partial charge on any atom is -0.351 e. The van der Waals surface area contributed by atoms with E-state index in [-0.39, 0.29) is 11.9 Å². The molecule has 0 spiro atoms. The van der Waals surface area contributed by atoms with Gasteiger partial charge < -0.3 is 20.5 Å². The van der Waals surface area contributed by atoms with Crippen molar-refractivity contribution in [2.75, 3.05) is 11.9 Å². The van der Waals surface area contributed by atoms with Gasteiger partial charge in [-0.25, -0.2) is 4.79 Å². The van der Waals surface area contributed by atoms with Crippen LogP contribution >= 0.6 is 0 Å². The normalized spacial score (nSPS) is 17.0. The summed E-state index contributed by atoms with van der Waals surface area (Å²) < 4.78 is 2.17. The number of anilines is 1. The van der Waals surface area contributed by atoms with Gasteiger partial charge in [0.1, 0.15) is 0 Å². The number of nitrogens with zero attached hydrogens (tertiary/aromatic N) is 2. The lowest BCUT2D eigenvalue weighted by molar-refractivity contribution is 0.0644. The van der Waals surface area contributed by atoms with E-state index in [2.05, 4.69) is 9.88 Å². The fraction of sp³-hybridized carbons (Fsp3) is 0.250. The van der Waals surface area contributed by atoms with Gasteiger partial charge in [-0.15, -0.1) is 0 Å². The van der Waals surface area contributed by atoms with E-state index in [4.69, 9.17) is 5.73 Å². The molecule has 0 saturated heterocycles. The minimum absolute atomic E-state index is 0.00873. The second kappa shape index (κ2) is 5.55. The maximum Gasteiger partial charge on any atom is 0.316 e. The summed E-state index contributed by atoms with van der Waals surface area (Å²) >= 11 is 0. The molecule has 3 N–H and O–H groups in total. The highest BCUT2D eigenvalue weighted by Gasteiger charge is 2.27. The maximum atomic E-state index is 12.7. The van der Waals surface area contributed by atoms with Gasteiger partial charge in [0.15, 0.2) is 0 Å². The molecule has 2 aromatic rings. The predicted octanol–water partition coefficient (Wildman–Crippen LogP) is 2.20. The van der Waals surface area contributed by atoms with Crippen molar-refractivity contribution in [2.45, 2.75) is 19.5 Å². The molecule has 2 heterocycles. The van der Waals surface area contributed by atoms with E-state index >= 15 is 0 Å². The number of urea groups is 1. The number of rotatable bonds is 2. The van der Waals surface area contributed by atoms with Crippen LogP contribution in [0.5, 0.6) is 0 Å². The van der Waals surface area contributed by atoms with Gasteiger partial charge in [-0.3, -0.25) is 4.79 Å². The number of aromatic nitrogens is 1. The third-order valence-corrected chi connectivity index (χ3v) is 4.00. The number of fused-ring (bicyclic) bond motifs is 1. The Morgan fingerprint density at radius 1 is 1.18 bits per heavy atom. The third kappa shape index (κ3) is 2.55. The molecule has 1 aromatic heterocycles. The first-order valence-corrected chi connectivity index (χ1v) is 7.19. The molecule has 3 amide bonds.